The number of rotatable bonds is 8. The van der Waals surface area contributed by atoms with E-state index in [2.05, 4.69) is 15.4 Å². The van der Waals surface area contributed by atoms with Crippen LogP contribution in [0.15, 0.2) is 83.8 Å². The summed E-state index contributed by atoms with van der Waals surface area (Å²) in [5, 5.41) is 5.56. The Morgan fingerprint density at radius 1 is 0.750 bits per heavy atom. The molecule has 3 N–H and O–H groups in total. The van der Waals surface area contributed by atoms with Crippen molar-refractivity contribution in [1.82, 2.24) is 5.32 Å². The molecular formula is C24H25N3O4S. The first-order valence-corrected chi connectivity index (χ1v) is 11.6. The van der Waals surface area contributed by atoms with E-state index in [1.54, 1.807) is 54.6 Å². The topological polar surface area (TPSA) is 104 Å². The summed E-state index contributed by atoms with van der Waals surface area (Å²) in [5.74, 6) is -0.557. The highest BCUT2D eigenvalue weighted by molar-refractivity contribution is 7.92. The van der Waals surface area contributed by atoms with E-state index in [4.69, 9.17) is 0 Å². The van der Waals surface area contributed by atoms with E-state index in [0.29, 0.717) is 17.8 Å². The first-order valence-electron chi connectivity index (χ1n) is 10.1. The van der Waals surface area contributed by atoms with Gasteiger partial charge in [-0.2, -0.15) is 0 Å². The minimum absolute atomic E-state index is 0.0855. The molecular weight excluding hydrogens is 426 g/mol. The van der Waals surface area contributed by atoms with Crippen LogP contribution < -0.4 is 15.4 Å². The normalized spacial score (nSPS) is 11.1. The van der Waals surface area contributed by atoms with Crippen molar-refractivity contribution in [3.8, 4) is 0 Å². The fourth-order valence-corrected chi connectivity index (χ4v) is 4.05. The fourth-order valence-electron chi connectivity index (χ4n) is 2.95. The third-order valence-electron chi connectivity index (χ3n) is 4.56. The van der Waals surface area contributed by atoms with Gasteiger partial charge in [-0.15, -0.1) is 0 Å². The van der Waals surface area contributed by atoms with E-state index in [-0.39, 0.29) is 28.0 Å². The summed E-state index contributed by atoms with van der Waals surface area (Å²) in [6, 6.07) is 20.8. The number of sulfonamides is 1. The van der Waals surface area contributed by atoms with Gasteiger partial charge in [-0.3, -0.25) is 14.3 Å². The molecule has 0 radical (unpaired) electrons. The summed E-state index contributed by atoms with van der Waals surface area (Å²) < 4.78 is 27.9. The molecule has 0 heterocycles. The second kappa shape index (κ2) is 10.1. The number of benzene rings is 3. The van der Waals surface area contributed by atoms with Crippen LogP contribution in [0.3, 0.4) is 0 Å². The lowest BCUT2D eigenvalue weighted by molar-refractivity contribution is 0.0950. The van der Waals surface area contributed by atoms with Crippen molar-refractivity contribution < 1.29 is 18.0 Å². The number of nitrogens with one attached hydrogen (secondary N) is 3. The summed E-state index contributed by atoms with van der Waals surface area (Å²) in [4.78, 5) is 25.7. The Bertz CT molecular complexity index is 1210. The second-order valence-corrected chi connectivity index (χ2v) is 9.25. The van der Waals surface area contributed by atoms with E-state index in [1.807, 2.05) is 13.8 Å². The minimum Gasteiger partial charge on any atom is -0.352 e. The average molecular weight is 452 g/mol. The Labute approximate surface area is 187 Å². The summed E-state index contributed by atoms with van der Waals surface area (Å²) in [5.41, 5.74) is 0.920. The quantitative estimate of drug-likeness (QED) is 0.479. The third kappa shape index (κ3) is 5.73. The lowest BCUT2D eigenvalue weighted by atomic mass is 10.1. The van der Waals surface area contributed by atoms with Gasteiger partial charge in [0.15, 0.2) is 0 Å². The second-order valence-electron chi connectivity index (χ2n) is 7.57. The maximum Gasteiger partial charge on any atom is 0.261 e. The zero-order valence-electron chi connectivity index (χ0n) is 17.8. The smallest absolute Gasteiger partial charge is 0.261 e. The van der Waals surface area contributed by atoms with Gasteiger partial charge >= 0.3 is 0 Å². The summed E-state index contributed by atoms with van der Waals surface area (Å²) in [6.45, 7) is 4.48. The molecule has 32 heavy (non-hydrogen) atoms. The number of anilines is 2. The van der Waals surface area contributed by atoms with Crippen molar-refractivity contribution in [2.24, 2.45) is 5.92 Å². The predicted octanol–water partition coefficient (Wildman–Crippen LogP) is 4.13. The van der Waals surface area contributed by atoms with Crippen LogP contribution in [0.4, 0.5) is 11.4 Å². The van der Waals surface area contributed by atoms with Crippen molar-refractivity contribution in [3.63, 3.8) is 0 Å². The molecule has 0 unspecified atom stereocenters. The number of hydrogen-bond acceptors (Lipinski definition) is 4. The zero-order chi connectivity index (χ0) is 23.1. The molecule has 0 atom stereocenters. The largest absolute Gasteiger partial charge is 0.352 e. The Balaban J connectivity index is 1.84. The molecule has 8 heteroatoms. The molecule has 0 saturated carbocycles. The van der Waals surface area contributed by atoms with Crippen molar-refractivity contribution in [3.05, 3.63) is 90.0 Å². The van der Waals surface area contributed by atoms with Crippen LogP contribution in [0.1, 0.15) is 34.6 Å². The Kier molecular flexibility index (Phi) is 7.27. The number of amides is 2. The van der Waals surface area contributed by atoms with Gasteiger partial charge in [0.1, 0.15) is 0 Å². The first-order chi connectivity index (χ1) is 15.3. The monoisotopic (exact) mass is 451 g/mol. The molecule has 3 aromatic rings. The van der Waals surface area contributed by atoms with Gasteiger partial charge in [-0.25, -0.2) is 8.42 Å². The summed E-state index contributed by atoms with van der Waals surface area (Å²) in [7, 11) is -3.87. The first kappa shape index (κ1) is 23.0. The standard InChI is InChI=1S/C24H25N3O4S/c1-17(2)16-25-23(28)19-12-6-8-14-21(19)26-24(29)20-13-7-9-15-22(20)27-32(30,31)18-10-4-3-5-11-18/h3-15,17,27H,16H2,1-2H3,(H,25,28)(H,26,29). The molecule has 0 aliphatic rings. The van der Waals surface area contributed by atoms with Crippen molar-refractivity contribution in [2.75, 3.05) is 16.6 Å². The molecule has 0 spiro atoms. The van der Waals surface area contributed by atoms with Crippen molar-refractivity contribution >= 4 is 33.2 Å². The predicted molar refractivity (Wildman–Crippen MR) is 125 cm³/mol. The maximum atomic E-state index is 13.0. The van der Waals surface area contributed by atoms with E-state index >= 15 is 0 Å². The van der Waals surface area contributed by atoms with Crippen LogP contribution in [-0.2, 0) is 10.0 Å². The van der Waals surface area contributed by atoms with Gasteiger partial charge in [0.05, 0.1) is 27.4 Å². The van der Waals surface area contributed by atoms with Crippen LogP contribution in [-0.4, -0.2) is 26.8 Å². The summed E-state index contributed by atoms with van der Waals surface area (Å²) in [6.07, 6.45) is 0. The molecule has 2 amide bonds. The molecule has 0 aliphatic heterocycles. The molecule has 7 nitrogen and oxygen atoms in total. The van der Waals surface area contributed by atoms with Crippen molar-refractivity contribution in [1.29, 1.82) is 0 Å². The van der Waals surface area contributed by atoms with Gasteiger partial charge < -0.3 is 10.6 Å². The minimum atomic E-state index is -3.87. The van der Waals surface area contributed by atoms with Gasteiger partial charge in [-0.1, -0.05) is 56.3 Å². The van der Waals surface area contributed by atoms with Gasteiger partial charge in [0, 0.05) is 6.54 Å². The molecule has 0 fully saturated rings. The highest BCUT2D eigenvalue weighted by Crippen LogP contribution is 2.22. The molecule has 0 aromatic heterocycles. The average Bonchev–Trinajstić information content (AvgIpc) is 2.78. The van der Waals surface area contributed by atoms with E-state index in [0.717, 1.165) is 0 Å². The highest BCUT2D eigenvalue weighted by Gasteiger charge is 2.20. The lowest BCUT2D eigenvalue weighted by Crippen LogP contribution is -2.28. The van der Waals surface area contributed by atoms with Crippen LogP contribution in [0, 0.1) is 5.92 Å². The number of para-hydroxylation sites is 2. The third-order valence-corrected chi connectivity index (χ3v) is 5.94. The Hall–Kier alpha value is -3.65. The number of carbonyl (C=O) groups excluding carboxylic acids is 2. The van der Waals surface area contributed by atoms with Gasteiger partial charge in [0.2, 0.25) is 0 Å². The molecule has 0 aliphatic carbocycles. The fraction of sp³-hybridized carbons (Fsp3) is 0.167. The molecule has 0 saturated heterocycles. The van der Waals surface area contributed by atoms with Crippen LogP contribution in [0.5, 0.6) is 0 Å². The van der Waals surface area contributed by atoms with Crippen LogP contribution in [0.2, 0.25) is 0 Å². The van der Waals surface area contributed by atoms with E-state index in [9.17, 15) is 18.0 Å². The van der Waals surface area contributed by atoms with E-state index < -0.39 is 15.9 Å². The summed E-state index contributed by atoms with van der Waals surface area (Å²) >= 11 is 0. The SMILES string of the molecule is CC(C)CNC(=O)c1ccccc1NC(=O)c1ccccc1NS(=O)(=O)c1ccccc1. The molecule has 0 bridgehead atoms. The van der Waals surface area contributed by atoms with E-state index in [1.165, 1.54) is 24.3 Å². The maximum absolute atomic E-state index is 13.0. The van der Waals surface area contributed by atoms with Gasteiger partial charge in [-0.05, 0) is 42.3 Å². The molecule has 3 aromatic carbocycles. The molecule has 3 rings (SSSR count). The van der Waals surface area contributed by atoms with Crippen LogP contribution in [0.25, 0.3) is 0 Å². The number of carbonyl (C=O) groups is 2. The Morgan fingerprint density at radius 3 is 1.91 bits per heavy atom. The highest BCUT2D eigenvalue weighted by atomic mass is 32.2. The van der Waals surface area contributed by atoms with Crippen LogP contribution >= 0.6 is 0 Å². The van der Waals surface area contributed by atoms with Gasteiger partial charge in [0.25, 0.3) is 21.8 Å². The number of hydrogen-bond donors (Lipinski definition) is 3. The zero-order valence-corrected chi connectivity index (χ0v) is 18.6. The lowest BCUT2D eigenvalue weighted by Gasteiger charge is -2.15. The molecule has 166 valence electrons. The van der Waals surface area contributed by atoms with Crippen molar-refractivity contribution in [2.45, 2.75) is 18.7 Å². The Morgan fingerprint density at radius 2 is 1.28 bits per heavy atom.